The van der Waals surface area contributed by atoms with Gasteiger partial charge in [-0.05, 0) is 35.7 Å². The van der Waals surface area contributed by atoms with Crippen molar-refractivity contribution in [1.29, 1.82) is 0 Å². The van der Waals surface area contributed by atoms with Crippen molar-refractivity contribution >= 4 is 11.6 Å². The van der Waals surface area contributed by atoms with E-state index in [1.54, 1.807) is 24.3 Å². The molecule has 1 amide bonds. The van der Waals surface area contributed by atoms with E-state index in [2.05, 4.69) is 10.2 Å². The Labute approximate surface area is 165 Å². The molecule has 0 bridgehead atoms. The molecule has 6 heteroatoms. The first-order valence-corrected chi connectivity index (χ1v) is 9.70. The summed E-state index contributed by atoms with van der Waals surface area (Å²) in [7, 11) is 0. The third-order valence-electron chi connectivity index (χ3n) is 5.14. The number of anilines is 1. The number of carbonyl (C=O) groups is 1. The highest BCUT2D eigenvalue weighted by Crippen LogP contribution is 2.22. The minimum atomic E-state index is -0.287. The summed E-state index contributed by atoms with van der Waals surface area (Å²) in [5.41, 5.74) is 1.51. The van der Waals surface area contributed by atoms with E-state index in [1.165, 1.54) is 18.2 Å². The van der Waals surface area contributed by atoms with E-state index in [-0.39, 0.29) is 29.5 Å². The molecule has 1 aliphatic heterocycles. The van der Waals surface area contributed by atoms with E-state index in [4.69, 9.17) is 0 Å². The van der Waals surface area contributed by atoms with Crippen LogP contribution in [-0.4, -0.2) is 43.5 Å². The van der Waals surface area contributed by atoms with Crippen molar-refractivity contribution < 1.29 is 13.6 Å². The molecule has 1 saturated heterocycles. The summed E-state index contributed by atoms with van der Waals surface area (Å²) in [6.07, 6.45) is 0. The van der Waals surface area contributed by atoms with Crippen LogP contribution in [0.1, 0.15) is 25.5 Å². The summed E-state index contributed by atoms with van der Waals surface area (Å²) in [5.74, 6) is -0.368. The lowest BCUT2D eigenvalue weighted by atomic mass is 9.96. The monoisotopic (exact) mass is 387 g/mol. The lowest BCUT2D eigenvalue weighted by molar-refractivity contribution is -0.123. The Morgan fingerprint density at radius 2 is 1.64 bits per heavy atom. The molecule has 0 aliphatic carbocycles. The van der Waals surface area contributed by atoms with Gasteiger partial charge in [0.25, 0.3) is 0 Å². The molecule has 1 fully saturated rings. The van der Waals surface area contributed by atoms with Crippen molar-refractivity contribution in [2.75, 3.05) is 37.6 Å². The summed E-state index contributed by atoms with van der Waals surface area (Å²) in [6.45, 7) is 7.12. The van der Waals surface area contributed by atoms with Gasteiger partial charge in [0.1, 0.15) is 11.6 Å². The molecule has 1 atom stereocenters. The molecule has 1 N–H and O–H groups in total. The molecule has 1 unspecified atom stereocenters. The average Bonchev–Trinajstić information content (AvgIpc) is 2.68. The maximum absolute atomic E-state index is 13.9. The van der Waals surface area contributed by atoms with E-state index >= 15 is 0 Å². The van der Waals surface area contributed by atoms with Crippen LogP contribution in [0.3, 0.4) is 0 Å². The first-order valence-electron chi connectivity index (χ1n) is 9.70. The highest BCUT2D eigenvalue weighted by atomic mass is 19.1. The van der Waals surface area contributed by atoms with E-state index < -0.39 is 0 Å². The first kappa shape index (κ1) is 20.3. The summed E-state index contributed by atoms with van der Waals surface area (Å²) >= 11 is 0. The fourth-order valence-electron chi connectivity index (χ4n) is 3.58. The van der Waals surface area contributed by atoms with Gasteiger partial charge in [-0.25, -0.2) is 8.78 Å². The highest BCUT2D eigenvalue weighted by Gasteiger charge is 2.23. The van der Waals surface area contributed by atoms with Gasteiger partial charge in [-0.15, -0.1) is 0 Å². The number of carbonyl (C=O) groups excluding carboxylic acids is 1. The van der Waals surface area contributed by atoms with Crippen LogP contribution in [-0.2, 0) is 4.79 Å². The smallest absolute Gasteiger partial charge is 0.234 e. The standard InChI is InChI=1S/C22H27F2N3O/c1-16(2)22(17-7-9-18(23)10-8-17)25-21(28)15-26-11-13-27(14-12-26)20-6-4-3-5-19(20)24/h3-10,16,22H,11-15H2,1-2H3,(H,25,28). The Kier molecular flexibility index (Phi) is 6.62. The number of piperazine rings is 1. The van der Waals surface area contributed by atoms with Crippen LogP contribution in [0.4, 0.5) is 14.5 Å². The van der Waals surface area contributed by atoms with Gasteiger partial charge < -0.3 is 10.2 Å². The lowest BCUT2D eigenvalue weighted by Gasteiger charge is -2.36. The molecule has 1 heterocycles. The van der Waals surface area contributed by atoms with E-state index in [0.717, 1.165) is 5.56 Å². The van der Waals surface area contributed by atoms with Gasteiger partial charge in [0, 0.05) is 26.2 Å². The van der Waals surface area contributed by atoms with Crippen LogP contribution < -0.4 is 10.2 Å². The van der Waals surface area contributed by atoms with Crippen LogP contribution in [0.2, 0.25) is 0 Å². The number of para-hydroxylation sites is 1. The fraction of sp³-hybridized carbons (Fsp3) is 0.409. The maximum atomic E-state index is 13.9. The number of hydrogen-bond acceptors (Lipinski definition) is 3. The number of hydrogen-bond donors (Lipinski definition) is 1. The Balaban J connectivity index is 1.53. The fourth-order valence-corrected chi connectivity index (χ4v) is 3.58. The van der Waals surface area contributed by atoms with Crippen molar-refractivity contribution in [3.8, 4) is 0 Å². The predicted molar refractivity (Wildman–Crippen MR) is 107 cm³/mol. The lowest BCUT2D eigenvalue weighted by Crippen LogP contribution is -2.50. The minimum Gasteiger partial charge on any atom is -0.367 e. The van der Waals surface area contributed by atoms with Gasteiger partial charge in [0.05, 0.1) is 18.3 Å². The Morgan fingerprint density at radius 3 is 2.25 bits per heavy atom. The van der Waals surface area contributed by atoms with Crippen LogP contribution in [0, 0.1) is 17.6 Å². The highest BCUT2D eigenvalue weighted by molar-refractivity contribution is 5.78. The van der Waals surface area contributed by atoms with Crippen molar-refractivity contribution in [3.05, 3.63) is 65.7 Å². The number of nitrogens with one attached hydrogen (secondary N) is 1. The predicted octanol–water partition coefficient (Wildman–Crippen LogP) is 3.60. The molecular formula is C22H27F2N3O. The molecule has 3 rings (SSSR count). The maximum Gasteiger partial charge on any atom is 0.234 e. The quantitative estimate of drug-likeness (QED) is 0.823. The zero-order valence-electron chi connectivity index (χ0n) is 16.4. The molecular weight excluding hydrogens is 360 g/mol. The third-order valence-corrected chi connectivity index (χ3v) is 5.14. The summed E-state index contributed by atoms with van der Waals surface area (Å²) in [4.78, 5) is 16.7. The number of amides is 1. The SMILES string of the molecule is CC(C)C(NC(=O)CN1CCN(c2ccccc2F)CC1)c1ccc(F)cc1. The van der Waals surface area contributed by atoms with E-state index in [9.17, 15) is 13.6 Å². The molecule has 4 nitrogen and oxygen atoms in total. The second kappa shape index (κ2) is 9.15. The zero-order chi connectivity index (χ0) is 20.1. The van der Waals surface area contributed by atoms with Gasteiger partial charge in [-0.1, -0.05) is 38.1 Å². The van der Waals surface area contributed by atoms with Gasteiger partial charge >= 0.3 is 0 Å². The molecule has 0 radical (unpaired) electrons. The molecule has 28 heavy (non-hydrogen) atoms. The second-order valence-electron chi connectivity index (χ2n) is 7.56. The van der Waals surface area contributed by atoms with Gasteiger partial charge in [0.15, 0.2) is 0 Å². The molecule has 0 saturated carbocycles. The zero-order valence-corrected chi connectivity index (χ0v) is 16.4. The summed E-state index contributed by atoms with van der Waals surface area (Å²) in [5, 5.41) is 3.07. The normalized spacial score (nSPS) is 16.2. The topological polar surface area (TPSA) is 35.6 Å². The van der Waals surface area contributed by atoms with Crippen molar-refractivity contribution in [2.24, 2.45) is 5.92 Å². The Hall–Kier alpha value is -2.47. The molecule has 2 aromatic carbocycles. The van der Waals surface area contributed by atoms with Crippen molar-refractivity contribution in [2.45, 2.75) is 19.9 Å². The van der Waals surface area contributed by atoms with Crippen LogP contribution in [0.15, 0.2) is 48.5 Å². The van der Waals surface area contributed by atoms with Gasteiger partial charge in [0.2, 0.25) is 5.91 Å². The molecule has 1 aliphatic rings. The van der Waals surface area contributed by atoms with Crippen LogP contribution in [0.5, 0.6) is 0 Å². The third kappa shape index (κ3) is 5.07. The second-order valence-corrected chi connectivity index (χ2v) is 7.56. The number of rotatable bonds is 6. The van der Waals surface area contributed by atoms with E-state index in [1.807, 2.05) is 24.8 Å². The van der Waals surface area contributed by atoms with Crippen LogP contribution >= 0.6 is 0 Å². The van der Waals surface area contributed by atoms with Gasteiger partial charge in [-0.3, -0.25) is 9.69 Å². The molecule has 0 aromatic heterocycles. The summed E-state index contributed by atoms with van der Waals surface area (Å²) < 4.78 is 27.1. The number of benzene rings is 2. The van der Waals surface area contributed by atoms with Crippen molar-refractivity contribution in [1.82, 2.24) is 10.2 Å². The summed E-state index contributed by atoms with van der Waals surface area (Å²) in [6, 6.07) is 12.9. The number of halogens is 2. The average molecular weight is 387 g/mol. The number of nitrogens with zero attached hydrogens (tertiary/aromatic N) is 2. The minimum absolute atomic E-state index is 0.0534. The van der Waals surface area contributed by atoms with Crippen molar-refractivity contribution in [3.63, 3.8) is 0 Å². The first-order chi connectivity index (χ1) is 13.4. The van der Waals surface area contributed by atoms with E-state index in [0.29, 0.717) is 38.4 Å². The van der Waals surface area contributed by atoms with Gasteiger partial charge in [-0.2, -0.15) is 0 Å². The molecule has 0 spiro atoms. The van der Waals surface area contributed by atoms with Crippen LogP contribution in [0.25, 0.3) is 0 Å². The largest absolute Gasteiger partial charge is 0.367 e. The Bertz CT molecular complexity index is 787. The molecule has 150 valence electrons. The Morgan fingerprint density at radius 1 is 1.00 bits per heavy atom. The molecule has 2 aromatic rings.